The Morgan fingerprint density at radius 2 is 1.86 bits per heavy atom. The van der Waals surface area contributed by atoms with Gasteiger partial charge in [-0.25, -0.2) is 4.79 Å². The molecule has 0 spiro atoms. The van der Waals surface area contributed by atoms with Gasteiger partial charge in [0.05, 0.1) is 30.7 Å². The molecule has 2 fully saturated rings. The van der Waals surface area contributed by atoms with Crippen molar-refractivity contribution in [2.24, 2.45) is 28.8 Å². The second kappa shape index (κ2) is 6.55. The standard InChI is InChI=1S/C22H18N2O5/c1-28-22(27)15-4-2-3-12(9-15)17-8-7-16(29-17)11-23-24-20(25)18-13-5-6-14(10-13)19(18)21(24)26/h2-9,11,13-14,18-19H,10H2,1H3/b23-11-/t13-,14-,18+,19+/m0/s1. The maximum atomic E-state index is 12.6. The molecule has 1 aliphatic heterocycles. The van der Waals surface area contributed by atoms with E-state index in [-0.39, 0.29) is 35.5 Å². The Bertz CT molecular complexity index is 1050. The van der Waals surface area contributed by atoms with E-state index in [1.54, 1.807) is 30.3 Å². The molecule has 2 bridgehead atoms. The van der Waals surface area contributed by atoms with Gasteiger partial charge in [0.1, 0.15) is 11.5 Å². The van der Waals surface area contributed by atoms with Crippen molar-refractivity contribution in [3.63, 3.8) is 0 Å². The third kappa shape index (κ3) is 2.73. The number of rotatable bonds is 4. The predicted molar refractivity (Wildman–Crippen MR) is 103 cm³/mol. The molecular formula is C22H18N2O5. The van der Waals surface area contributed by atoms with Gasteiger partial charge in [-0.1, -0.05) is 24.3 Å². The summed E-state index contributed by atoms with van der Waals surface area (Å²) in [7, 11) is 1.33. The van der Waals surface area contributed by atoms with Crippen LogP contribution in [0, 0.1) is 23.7 Å². The molecule has 2 aromatic rings. The van der Waals surface area contributed by atoms with Crippen molar-refractivity contribution in [3.8, 4) is 11.3 Å². The Morgan fingerprint density at radius 1 is 1.14 bits per heavy atom. The van der Waals surface area contributed by atoms with Crippen LogP contribution >= 0.6 is 0 Å². The van der Waals surface area contributed by atoms with Crippen molar-refractivity contribution in [1.82, 2.24) is 5.01 Å². The lowest BCUT2D eigenvalue weighted by Crippen LogP contribution is -2.28. The van der Waals surface area contributed by atoms with Crippen LogP contribution < -0.4 is 0 Å². The molecule has 1 aromatic heterocycles. The van der Waals surface area contributed by atoms with E-state index in [4.69, 9.17) is 9.15 Å². The molecule has 1 saturated heterocycles. The third-order valence-electron chi connectivity index (χ3n) is 5.94. The first-order valence-electron chi connectivity index (χ1n) is 9.45. The average molecular weight is 390 g/mol. The minimum atomic E-state index is -0.430. The quantitative estimate of drug-likeness (QED) is 0.347. The van der Waals surface area contributed by atoms with Crippen molar-refractivity contribution in [1.29, 1.82) is 0 Å². The van der Waals surface area contributed by atoms with E-state index in [1.807, 2.05) is 18.2 Å². The molecule has 5 rings (SSSR count). The molecular weight excluding hydrogens is 372 g/mol. The number of hydrazone groups is 1. The fourth-order valence-corrected chi connectivity index (χ4v) is 4.61. The van der Waals surface area contributed by atoms with E-state index in [9.17, 15) is 14.4 Å². The highest BCUT2D eigenvalue weighted by Gasteiger charge is 2.59. The Balaban J connectivity index is 1.35. The summed E-state index contributed by atoms with van der Waals surface area (Å²) >= 11 is 0. The number of amides is 2. The number of fused-ring (bicyclic) bond motifs is 5. The van der Waals surface area contributed by atoms with Gasteiger partial charge in [-0.15, -0.1) is 0 Å². The normalized spacial score (nSPS) is 27.3. The van der Waals surface area contributed by atoms with Crippen molar-refractivity contribution in [2.45, 2.75) is 6.42 Å². The number of hydrogen-bond donors (Lipinski definition) is 0. The van der Waals surface area contributed by atoms with E-state index in [2.05, 4.69) is 5.10 Å². The Hall–Kier alpha value is -3.48. The Morgan fingerprint density at radius 3 is 2.55 bits per heavy atom. The predicted octanol–water partition coefficient (Wildman–Crippen LogP) is 2.87. The summed E-state index contributed by atoms with van der Waals surface area (Å²) in [6.07, 6.45) is 6.35. The lowest BCUT2D eigenvalue weighted by Gasteiger charge is -2.13. The number of ether oxygens (including phenoxy) is 1. The number of benzene rings is 1. The van der Waals surface area contributed by atoms with E-state index in [0.717, 1.165) is 11.4 Å². The summed E-state index contributed by atoms with van der Waals surface area (Å²) in [6.45, 7) is 0. The van der Waals surface area contributed by atoms with Crippen molar-refractivity contribution in [2.75, 3.05) is 7.11 Å². The van der Waals surface area contributed by atoms with E-state index in [0.29, 0.717) is 22.6 Å². The summed E-state index contributed by atoms with van der Waals surface area (Å²) < 4.78 is 10.5. The largest absolute Gasteiger partial charge is 0.465 e. The van der Waals surface area contributed by atoms with Gasteiger partial charge in [-0.2, -0.15) is 10.1 Å². The number of methoxy groups -OCH3 is 1. The van der Waals surface area contributed by atoms with Crippen LogP contribution in [0.2, 0.25) is 0 Å². The lowest BCUT2D eigenvalue weighted by atomic mass is 9.85. The van der Waals surface area contributed by atoms with Crippen LogP contribution in [0.5, 0.6) is 0 Å². The molecule has 0 N–H and O–H groups in total. The summed E-state index contributed by atoms with van der Waals surface area (Å²) in [4.78, 5) is 37.0. The number of furan rings is 1. The molecule has 2 amide bonds. The number of esters is 1. The molecule has 0 radical (unpaired) electrons. The topological polar surface area (TPSA) is 89.2 Å². The molecule has 1 aromatic carbocycles. The number of imide groups is 1. The van der Waals surface area contributed by atoms with Gasteiger partial charge in [0.25, 0.3) is 11.8 Å². The van der Waals surface area contributed by atoms with Gasteiger partial charge < -0.3 is 9.15 Å². The summed E-state index contributed by atoms with van der Waals surface area (Å²) in [5.41, 5.74) is 1.12. The highest BCUT2D eigenvalue weighted by molar-refractivity contribution is 6.06. The molecule has 29 heavy (non-hydrogen) atoms. The van der Waals surface area contributed by atoms with E-state index >= 15 is 0 Å². The average Bonchev–Trinajstić information content (AvgIpc) is 3.51. The zero-order valence-electron chi connectivity index (χ0n) is 15.6. The van der Waals surface area contributed by atoms with Crippen LogP contribution in [0.25, 0.3) is 11.3 Å². The molecule has 7 heteroatoms. The van der Waals surface area contributed by atoms with Crippen molar-refractivity contribution < 1.29 is 23.5 Å². The van der Waals surface area contributed by atoms with Crippen LogP contribution in [-0.4, -0.2) is 36.1 Å². The first-order chi connectivity index (χ1) is 14.1. The number of allylic oxidation sites excluding steroid dienone is 2. The van der Waals surface area contributed by atoms with Gasteiger partial charge in [0.15, 0.2) is 0 Å². The molecule has 1 saturated carbocycles. The molecule has 2 heterocycles. The SMILES string of the molecule is COC(=O)c1cccc(-c2ccc(/C=N\N3C(=O)[C@H]4[C@H](C3=O)[C@H]3C=C[C@H]4C3)o2)c1. The van der Waals surface area contributed by atoms with Gasteiger partial charge in [-0.05, 0) is 42.5 Å². The van der Waals surface area contributed by atoms with Crippen LogP contribution in [0.3, 0.4) is 0 Å². The molecule has 4 atom stereocenters. The first kappa shape index (κ1) is 17.6. The lowest BCUT2D eigenvalue weighted by molar-refractivity contribution is -0.140. The second-order valence-electron chi connectivity index (χ2n) is 7.51. The van der Waals surface area contributed by atoms with Gasteiger partial charge in [0, 0.05) is 5.56 Å². The van der Waals surface area contributed by atoms with Gasteiger partial charge >= 0.3 is 5.97 Å². The van der Waals surface area contributed by atoms with Crippen molar-refractivity contribution in [3.05, 3.63) is 59.9 Å². The maximum absolute atomic E-state index is 12.6. The van der Waals surface area contributed by atoms with Gasteiger partial charge in [0.2, 0.25) is 0 Å². The summed E-state index contributed by atoms with van der Waals surface area (Å²) in [5.74, 6) is -0.196. The van der Waals surface area contributed by atoms with Crippen LogP contribution in [0.4, 0.5) is 0 Å². The van der Waals surface area contributed by atoms with Crippen LogP contribution in [0.1, 0.15) is 22.5 Å². The number of carbonyl (C=O) groups excluding carboxylic acids is 3. The number of carbonyl (C=O) groups is 3. The Labute approximate surface area is 166 Å². The number of hydrogen-bond acceptors (Lipinski definition) is 6. The summed E-state index contributed by atoms with van der Waals surface area (Å²) in [5, 5.41) is 5.10. The van der Waals surface area contributed by atoms with Crippen molar-refractivity contribution >= 4 is 24.0 Å². The molecule has 2 aliphatic carbocycles. The highest BCUT2D eigenvalue weighted by Crippen LogP contribution is 2.52. The fourth-order valence-electron chi connectivity index (χ4n) is 4.61. The Kier molecular flexibility index (Phi) is 3.97. The molecule has 7 nitrogen and oxygen atoms in total. The second-order valence-corrected chi connectivity index (χ2v) is 7.51. The zero-order valence-corrected chi connectivity index (χ0v) is 15.6. The molecule has 3 aliphatic rings. The van der Waals surface area contributed by atoms with Crippen LogP contribution in [-0.2, 0) is 14.3 Å². The minimum absolute atomic E-state index is 0.152. The first-order valence-corrected chi connectivity index (χ1v) is 9.45. The molecule has 0 unspecified atom stereocenters. The highest BCUT2D eigenvalue weighted by atomic mass is 16.5. The fraction of sp³-hybridized carbons (Fsp3) is 0.273. The summed E-state index contributed by atoms with van der Waals surface area (Å²) in [6, 6.07) is 10.3. The third-order valence-corrected chi connectivity index (χ3v) is 5.94. The maximum Gasteiger partial charge on any atom is 0.337 e. The number of nitrogens with zero attached hydrogens (tertiary/aromatic N) is 2. The zero-order chi connectivity index (χ0) is 20.1. The smallest absolute Gasteiger partial charge is 0.337 e. The van der Waals surface area contributed by atoms with Crippen LogP contribution in [0.15, 0.2) is 58.1 Å². The van der Waals surface area contributed by atoms with E-state index in [1.165, 1.54) is 13.3 Å². The minimum Gasteiger partial charge on any atom is -0.465 e. The molecule has 146 valence electrons. The van der Waals surface area contributed by atoms with E-state index < -0.39 is 5.97 Å². The van der Waals surface area contributed by atoms with Gasteiger partial charge in [-0.3, -0.25) is 9.59 Å². The monoisotopic (exact) mass is 390 g/mol.